The second kappa shape index (κ2) is 11.0. The van der Waals surface area contributed by atoms with Crippen LogP contribution in [0.3, 0.4) is 0 Å². The molecule has 0 aliphatic rings. The van der Waals surface area contributed by atoms with Crippen molar-refractivity contribution in [1.82, 2.24) is 15.1 Å². The smallest absolute Gasteiger partial charge is 0.104 e. The van der Waals surface area contributed by atoms with Crippen molar-refractivity contribution >= 4 is 0 Å². The molecule has 4 nitrogen and oxygen atoms in total. The topological polar surface area (TPSA) is 42.3 Å². The lowest BCUT2D eigenvalue weighted by Gasteiger charge is -2.27. The quantitative estimate of drug-likeness (QED) is 0.562. The van der Waals surface area contributed by atoms with Crippen LogP contribution in [0.5, 0.6) is 0 Å². The summed E-state index contributed by atoms with van der Waals surface area (Å²) in [6.07, 6.45) is 4.41. The first kappa shape index (κ1) is 20.4. The average molecular weight is 297 g/mol. The fraction of sp³-hybridized carbons (Fsp3) is 0.941. The second-order valence-electron chi connectivity index (χ2n) is 6.84. The lowest BCUT2D eigenvalue weighted by atomic mass is 9.95. The summed E-state index contributed by atoms with van der Waals surface area (Å²) in [7, 11) is 4.25. The maximum atomic E-state index is 9.34. The Morgan fingerprint density at radius 3 is 2.24 bits per heavy atom. The van der Waals surface area contributed by atoms with Gasteiger partial charge < -0.3 is 9.80 Å². The maximum absolute atomic E-state index is 9.34. The average Bonchev–Trinajstić information content (AvgIpc) is 2.39. The Labute approximate surface area is 132 Å². The van der Waals surface area contributed by atoms with E-state index in [1.54, 1.807) is 0 Å². The van der Waals surface area contributed by atoms with Crippen molar-refractivity contribution in [3.05, 3.63) is 0 Å². The summed E-state index contributed by atoms with van der Waals surface area (Å²) in [4.78, 5) is 4.78. The molecule has 0 aromatic rings. The van der Waals surface area contributed by atoms with Crippen molar-refractivity contribution in [3.63, 3.8) is 0 Å². The molecule has 4 heteroatoms. The number of hydrogen-bond donors (Lipinski definition) is 1. The predicted octanol–water partition coefficient (Wildman–Crippen LogP) is 2.71. The Kier molecular flexibility index (Phi) is 10.7. The minimum atomic E-state index is -0.382. The third-order valence-corrected chi connectivity index (χ3v) is 3.66. The molecule has 0 saturated carbocycles. The highest BCUT2D eigenvalue weighted by atomic mass is 15.2. The van der Waals surface area contributed by atoms with Crippen molar-refractivity contribution in [3.8, 4) is 6.07 Å². The number of hydrogen-bond acceptors (Lipinski definition) is 4. The standard InChI is InChI=1S/C17H36N4/c1-7-11-21(14-13-20(5)6)12-9-8-10-17(4,15-18)19-16(2)3/h16,19H,7-14H2,1-6H3. The monoisotopic (exact) mass is 296 g/mol. The second-order valence-corrected chi connectivity index (χ2v) is 6.84. The molecule has 0 amide bonds. The number of nitrogens with one attached hydrogen (secondary N) is 1. The van der Waals surface area contributed by atoms with Crippen molar-refractivity contribution in [1.29, 1.82) is 5.26 Å². The van der Waals surface area contributed by atoms with Crippen molar-refractivity contribution in [2.75, 3.05) is 40.3 Å². The zero-order valence-electron chi connectivity index (χ0n) is 15.1. The first-order valence-electron chi connectivity index (χ1n) is 8.39. The van der Waals surface area contributed by atoms with Gasteiger partial charge in [-0.2, -0.15) is 5.26 Å². The molecule has 0 aliphatic heterocycles. The Morgan fingerprint density at radius 1 is 1.10 bits per heavy atom. The Balaban J connectivity index is 4.05. The summed E-state index contributed by atoms with van der Waals surface area (Å²) in [5.74, 6) is 0. The maximum Gasteiger partial charge on any atom is 0.104 e. The molecular weight excluding hydrogens is 260 g/mol. The van der Waals surface area contributed by atoms with E-state index in [0.29, 0.717) is 6.04 Å². The molecule has 0 aromatic carbocycles. The van der Waals surface area contributed by atoms with Crippen molar-refractivity contribution in [2.45, 2.75) is 65.0 Å². The van der Waals surface area contributed by atoms with E-state index in [4.69, 9.17) is 0 Å². The number of rotatable bonds is 12. The van der Waals surface area contributed by atoms with Gasteiger partial charge in [0, 0.05) is 19.1 Å². The van der Waals surface area contributed by atoms with E-state index in [2.05, 4.69) is 56.1 Å². The van der Waals surface area contributed by atoms with Crippen LogP contribution in [0.4, 0.5) is 0 Å². The zero-order chi connectivity index (χ0) is 16.3. The van der Waals surface area contributed by atoms with Gasteiger partial charge in [-0.1, -0.05) is 6.92 Å². The van der Waals surface area contributed by atoms with Crippen LogP contribution in [0.15, 0.2) is 0 Å². The van der Waals surface area contributed by atoms with Gasteiger partial charge in [0.15, 0.2) is 0 Å². The minimum Gasteiger partial charge on any atom is -0.308 e. The molecule has 1 N–H and O–H groups in total. The molecule has 0 aliphatic carbocycles. The fourth-order valence-electron chi connectivity index (χ4n) is 2.60. The minimum absolute atomic E-state index is 0.353. The van der Waals surface area contributed by atoms with Crippen LogP contribution in [0.25, 0.3) is 0 Å². The third kappa shape index (κ3) is 10.7. The van der Waals surface area contributed by atoms with Gasteiger partial charge in [0.25, 0.3) is 0 Å². The van der Waals surface area contributed by atoms with E-state index < -0.39 is 0 Å². The Hall–Kier alpha value is -0.630. The molecule has 0 spiro atoms. The molecule has 124 valence electrons. The van der Waals surface area contributed by atoms with Crippen LogP contribution in [-0.2, 0) is 0 Å². The summed E-state index contributed by atoms with van der Waals surface area (Å²) in [5.41, 5.74) is -0.382. The molecule has 0 radical (unpaired) electrons. The van der Waals surface area contributed by atoms with E-state index in [0.717, 1.165) is 32.5 Å². The summed E-state index contributed by atoms with van der Waals surface area (Å²) in [5, 5.41) is 12.7. The van der Waals surface area contributed by atoms with Crippen LogP contribution in [0, 0.1) is 11.3 Å². The number of unbranched alkanes of at least 4 members (excludes halogenated alkanes) is 1. The summed E-state index contributed by atoms with van der Waals surface area (Å²) >= 11 is 0. The van der Waals surface area contributed by atoms with Crippen LogP contribution in [-0.4, -0.2) is 61.7 Å². The molecule has 1 atom stereocenters. The number of likely N-dealkylation sites (N-methyl/N-ethyl adjacent to an activating group) is 1. The van der Waals surface area contributed by atoms with E-state index in [-0.39, 0.29) is 5.54 Å². The molecule has 21 heavy (non-hydrogen) atoms. The van der Waals surface area contributed by atoms with Gasteiger partial charge >= 0.3 is 0 Å². The van der Waals surface area contributed by atoms with Gasteiger partial charge in [0.2, 0.25) is 0 Å². The largest absolute Gasteiger partial charge is 0.308 e. The van der Waals surface area contributed by atoms with E-state index in [1.807, 2.05) is 6.92 Å². The van der Waals surface area contributed by atoms with E-state index >= 15 is 0 Å². The SMILES string of the molecule is CCCN(CCCCC(C)(C#N)NC(C)C)CCN(C)C. The Bertz CT molecular complexity index is 296. The van der Waals surface area contributed by atoms with Gasteiger partial charge in [-0.15, -0.1) is 0 Å². The molecule has 0 rings (SSSR count). The molecule has 1 unspecified atom stereocenters. The third-order valence-electron chi connectivity index (χ3n) is 3.66. The lowest BCUT2D eigenvalue weighted by molar-refractivity contribution is 0.233. The van der Waals surface area contributed by atoms with Crippen LogP contribution in [0.1, 0.15) is 53.4 Å². The van der Waals surface area contributed by atoms with Gasteiger partial charge in [-0.05, 0) is 73.6 Å². The Morgan fingerprint density at radius 2 is 1.76 bits per heavy atom. The summed E-state index contributed by atoms with van der Waals surface area (Å²) in [6.45, 7) is 13.0. The molecule has 0 fully saturated rings. The van der Waals surface area contributed by atoms with Crippen molar-refractivity contribution in [2.24, 2.45) is 0 Å². The first-order valence-corrected chi connectivity index (χ1v) is 8.39. The highest BCUT2D eigenvalue weighted by Crippen LogP contribution is 2.14. The van der Waals surface area contributed by atoms with Gasteiger partial charge in [-0.3, -0.25) is 5.32 Å². The summed E-state index contributed by atoms with van der Waals surface area (Å²) in [6, 6.07) is 2.78. The van der Waals surface area contributed by atoms with E-state index in [9.17, 15) is 5.26 Å². The van der Waals surface area contributed by atoms with Gasteiger partial charge in [-0.25, -0.2) is 0 Å². The molecule has 0 aromatic heterocycles. The fourth-order valence-corrected chi connectivity index (χ4v) is 2.60. The number of nitrogens with zero attached hydrogens (tertiary/aromatic N) is 3. The number of nitriles is 1. The van der Waals surface area contributed by atoms with Crippen molar-refractivity contribution < 1.29 is 0 Å². The summed E-state index contributed by atoms with van der Waals surface area (Å²) < 4.78 is 0. The molecule has 0 heterocycles. The van der Waals surface area contributed by atoms with Crippen LogP contribution < -0.4 is 5.32 Å². The molecular formula is C17H36N4. The normalized spacial score (nSPS) is 14.7. The highest BCUT2D eigenvalue weighted by molar-refractivity contribution is 5.04. The van der Waals surface area contributed by atoms with Gasteiger partial charge in [0.1, 0.15) is 5.54 Å². The lowest BCUT2D eigenvalue weighted by Crippen LogP contribution is -2.45. The molecule has 0 saturated heterocycles. The molecule has 0 bridgehead atoms. The van der Waals surface area contributed by atoms with Gasteiger partial charge in [0.05, 0.1) is 6.07 Å². The highest BCUT2D eigenvalue weighted by Gasteiger charge is 2.23. The van der Waals surface area contributed by atoms with Crippen LogP contribution >= 0.6 is 0 Å². The van der Waals surface area contributed by atoms with E-state index in [1.165, 1.54) is 19.4 Å². The zero-order valence-corrected chi connectivity index (χ0v) is 15.1. The first-order chi connectivity index (χ1) is 9.83. The predicted molar refractivity (Wildman–Crippen MR) is 91.4 cm³/mol. The van der Waals surface area contributed by atoms with Crippen LogP contribution in [0.2, 0.25) is 0 Å².